The molecule has 2 heterocycles. The van der Waals surface area contributed by atoms with Gasteiger partial charge in [0.1, 0.15) is 0 Å². The fraction of sp³-hybridized carbons (Fsp3) is 0.583. The van der Waals surface area contributed by atoms with Crippen LogP contribution in [0.3, 0.4) is 0 Å². The molecule has 0 aliphatic carbocycles. The maximum absolute atomic E-state index is 4.45. The Morgan fingerprint density at radius 3 is 3.14 bits per heavy atom. The highest BCUT2D eigenvalue weighted by Gasteiger charge is 2.25. The predicted octanol–water partition coefficient (Wildman–Crippen LogP) is 2.63. The van der Waals surface area contributed by atoms with Crippen LogP contribution in [0, 0.1) is 0 Å². The summed E-state index contributed by atoms with van der Waals surface area (Å²) in [5.74, 6) is 0. The van der Waals surface area contributed by atoms with Crippen LogP contribution in [-0.2, 0) is 0 Å². The summed E-state index contributed by atoms with van der Waals surface area (Å²) in [5.41, 5.74) is 1.25. The van der Waals surface area contributed by atoms with E-state index in [1.165, 1.54) is 38.0 Å². The zero-order valence-electron chi connectivity index (χ0n) is 8.82. The highest BCUT2D eigenvalue weighted by Crippen LogP contribution is 2.30. The lowest BCUT2D eigenvalue weighted by molar-refractivity contribution is 0.253. The van der Waals surface area contributed by atoms with Crippen LogP contribution in [-0.4, -0.2) is 23.0 Å². The summed E-state index contributed by atoms with van der Waals surface area (Å²) >= 11 is 0. The van der Waals surface area contributed by atoms with Crippen LogP contribution in [0.5, 0.6) is 0 Å². The first kappa shape index (κ1) is 9.66. The highest BCUT2D eigenvalue weighted by atomic mass is 15.2. The molecule has 2 nitrogen and oxygen atoms in total. The van der Waals surface area contributed by atoms with Gasteiger partial charge in [0, 0.05) is 6.20 Å². The lowest BCUT2D eigenvalue weighted by Crippen LogP contribution is -2.24. The molecule has 1 aromatic rings. The number of pyridine rings is 1. The molecule has 0 bridgehead atoms. The van der Waals surface area contributed by atoms with E-state index in [1.807, 2.05) is 12.3 Å². The second-order valence-electron chi connectivity index (χ2n) is 3.95. The quantitative estimate of drug-likeness (QED) is 0.728. The van der Waals surface area contributed by atoms with Crippen molar-refractivity contribution in [1.82, 2.24) is 9.88 Å². The van der Waals surface area contributed by atoms with Crippen molar-refractivity contribution in [1.29, 1.82) is 0 Å². The third-order valence-corrected chi connectivity index (χ3v) is 2.90. The normalized spacial score (nSPS) is 22.8. The first-order chi connectivity index (χ1) is 6.92. The third-order valence-electron chi connectivity index (χ3n) is 2.90. The van der Waals surface area contributed by atoms with E-state index in [-0.39, 0.29) is 0 Å². The largest absolute Gasteiger partial charge is 0.295 e. The van der Waals surface area contributed by atoms with E-state index >= 15 is 0 Å². The fourth-order valence-corrected chi connectivity index (χ4v) is 2.29. The van der Waals surface area contributed by atoms with E-state index < -0.39 is 0 Å². The number of hydrogen-bond donors (Lipinski definition) is 0. The Morgan fingerprint density at radius 2 is 2.43 bits per heavy atom. The van der Waals surface area contributed by atoms with Crippen LogP contribution < -0.4 is 0 Å². The van der Waals surface area contributed by atoms with E-state index in [4.69, 9.17) is 0 Å². The molecular formula is C12H18N2. The molecule has 0 amide bonds. The van der Waals surface area contributed by atoms with Crippen molar-refractivity contribution in [2.45, 2.75) is 32.2 Å². The molecule has 0 unspecified atom stereocenters. The first-order valence-corrected chi connectivity index (χ1v) is 5.57. The van der Waals surface area contributed by atoms with E-state index in [2.05, 4.69) is 28.9 Å². The Kier molecular flexibility index (Phi) is 3.14. The minimum atomic E-state index is 0.580. The first-order valence-electron chi connectivity index (χ1n) is 5.57. The van der Waals surface area contributed by atoms with Crippen LogP contribution in [0.2, 0.25) is 0 Å². The van der Waals surface area contributed by atoms with Crippen molar-refractivity contribution < 1.29 is 0 Å². The van der Waals surface area contributed by atoms with E-state index in [0.29, 0.717) is 6.04 Å². The molecule has 76 valence electrons. The summed E-state index contributed by atoms with van der Waals surface area (Å²) < 4.78 is 0. The molecule has 1 aliphatic heterocycles. The predicted molar refractivity (Wildman–Crippen MR) is 58.1 cm³/mol. The molecule has 1 saturated heterocycles. The summed E-state index contributed by atoms with van der Waals surface area (Å²) in [6, 6.07) is 6.81. The summed E-state index contributed by atoms with van der Waals surface area (Å²) in [6.07, 6.45) is 5.74. The molecule has 0 aromatic carbocycles. The van der Waals surface area contributed by atoms with E-state index in [9.17, 15) is 0 Å². The monoisotopic (exact) mass is 190 g/mol. The third kappa shape index (κ3) is 1.95. The summed E-state index contributed by atoms with van der Waals surface area (Å²) in [4.78, 5) is 7.01. The van der Waals surface area contributed by atoms with Crippen molar-refractivity contribution in [3.05, 3.63) is 30.1 Å². The van der Waals surface area contributed by atoms with Gasteiger partial charge in [0.15, 0.2) is 0 Å². The summed E-state index contributed by atoms with van der Waals surface area (Å²) in [5, 5.41) is 0. The molecule has 1 fully saturated rings. The van der Waals surface area contributed by atoms with Crippen LogP contribution in [0.1, 0.15) is 37.9 Å². The maximum Gasteiger partial charge on any atom is 0.0575 e. The lowest BCUT2D eigenvalue weighted by atomic mass is 10.1. The van der Waals surface area contributed by atoms with Gasteiger partial charge in [-0.25, -0.2) is 0 Å². The van der Waals surface area contributed by atoms with Crippen molar-refractivity contribution >= 4 is 0 Å². The van der Waals surface area contributed by atoms with Crippen molar-refractivity contribution in [3.63, 3.8) is 0 Å². The van der Waals surface area contributed by atoms with Gasteiger partial charge in [-0.15, -0.1) is 0 Å². The van der Waals surface area contributed by atoms with Gasteiger partial charge in [-0.1, -0.05) is 13.0 Å². The second kappa shape index (κ2) is 4.56. The smallest absolute Gasteiger partial charge is 0.0575 e. The molecule has 14 heavy (non-hydrogen) atoms. The average molecular weight is 190 g/mol. The SMILES string of the molecule is CCCN1CCC[C@H]1c1ccccn1. The molecule has 0 radical (unpaired) electrons. The molecule has 2 heteroatoms. The van der Waals surface area contributed by atoms with Crippen molar-refractivity contribution in [2.75, 3.05) is 13.1 Å². The van der Waals surface area contributed by atoms with Gasteiger partial charge in [-0.3, -0.25) is 9.88 Å². The van der Waals surface area contributed by atoms with Gasteiger partial charge in [-0.2, -0.15) is 0 Å². The van der Waals surface area contributed by atoms with Gasteiger partial charge >= 0.3 is 0 Å². The molecule has 0 saturated carbocycles. The number of nitrogens with zero attached hydrogens (tertiary/aromatic N) is 2. The summed E-state index contributed by atoms with van der Waals surface area (Å²) in [6.45, 7) is 4.70. The van der Waals surface area contributed by atoms with Gasteiger partial charge in [0.25, 0.3) is 0 Å². The number of hydrogen-bond acceptors (Lipinski definition) is 2. The standard InChI is InChI=1S/C12H18N2/c1-2-9-14-10-5-7-12(14)11-6-3-4-8-13-11/h3-4,6,8,12H,2,5,7,9-10H2,1H3/t12-/m0/s1. The molecule has 1 aromatic heterocycles. The molecule has 0 N–H and O–H groups in total. The van der Waals surface area contributed by atoms with E-state index in [1.54, 1.807) is 0 Å². The summed E-state index contributed by atoms with van der Waals surface area (Å²) in [7, 11) is 0. The van der Waals surface area contributed by atoms with E-state index in [0.717, 1.165) is 0 Å². The maximum atomic E-state index is 4.45. The van der Waals surface area contributed by atoms with Gasteiger partial charge < -0.3 is 0 Å². The number of likely N-dealkylation sites (tertiary alicyclic amines) is 1. The Balaban J connectivity index is 2.10. The van der Waals surface area contributed by atoms with Gasteiger partial charge in [0.05, 0.1) is 11.7 Å². The Labute approximate surface area is 86.0 Å². The fourth-order valence-electron chi connectivity index (χ4n) is 2.29. The Hall–Kier alpha value is -0.890. The van der Waals surface area contributed by atoms with Crippen molar-refractivity contribution in [2.24, 2.45) is 0 Å². The number of rotatable bonds is 3. The van der Waals surface area contributed by atoms with Crippen molar-refractivity contribution in [3.8, 4) is 0 Å². The lowest BCUT2D eigenvalue weighted by Gasteiger charge is -2.23. The Morgan fingerprint density at radius 1 is 1.50 bits per heavy atom. The molecule has 2 rings (SSSR count). The van der Waals surface area contributed by atoms with Crippen LogP contribution in [0.25, 0.3) is 0 Å². The zero-order chi connectivity index (χ0) is 9.80. The molecule has 1 atom stereocenters. The molecular weight excluding hydrogens is 172 g/mol. The topological polar surface area (TPSA) is 16.1 Å². The van der Waals surface area contributed by atoms with Crippen LogP contribution in [0.15, 0.2) is 24.4 Å². The van der Waals surface area contributed by atoms with Crippen LogP contribution >= 0.6 is 0 Å². The van der Waals surface area contributed by atoms with Gasteiger partial charge in [0.2, 0.25) is 0 Å². The van der Waals surface area contributed by atoms with Crippen LogP contribution in [0.4, 0.5) is 0 Å². The Bertz CT molecular complexity index is 271. The van der Waals surface area contributed by atoms with Gasteiger partial charge in [-0.05, 0) is 44.5 Å². The zero-order valence-corrected chi connectivity index (χ0v) is 8.82. The average Bonchev–Trinajstić information content (AvgIpc) is 2.68. The minimum absolute atomic E-state index is 0.580. The molecule has 1 aliphatic rings. The number of aromatic nitrogens is 1. The second-order valence-corrected chi connectivity index (χ2v) is 3.95. The highest BCUT2D eigenvalue weighted by molar-refractivity contribution is 5.10. The minimum Gasteiger partial charge on any atom is -0.295 e. The molecule has 0 spiro atoms.